The molecule has 0 heterocycles. The lowest BCUT2D eigenvalue weighted by Crippen LogP contribution is -2.48. The number of alkyl halides is 4. The number of hydrogen-bond donors (Lipinski definition) is 2. The van der Waals surface area contributed by atoms with Gasteiger partial charge in [-0.1, -0.05) is 5.04 Å². The molecular weight excluding hydrogens is 312 g/mol. The highest BCUT2D eigenvalue weighted by Crippen LogP contribution is 2.45. The number of carbonyl (C=O) groups is 1. The van der Waals surface area contributed by atoms with Crippen LogP contribution in [0.1, 0.15) is 25.7 Å². The first-order chi connectivity index (χ1) is 9.20. The van der Waals surface area contributed by atoms with Gasteiger partial charge in [-0.15, -0.1) is 4.33 Å². The fraction of sp³-hybridized carbons (Fsp3) is 0.889. The van der Waals surface area contributed by atoms with Crippen LogP contribution in [-0.2, 0) is 18.9 Å². The Bertz CT molecular complexity index is 341. The highest BCUT2D eigenvalue weighted by atomic mass is 32.2. The molecule has 0 aromatic rings. The zero-order valence-electron chi connectivity index (χ0n) is 9.93. The second-order valence-electron chi connectivity index (χ2n) is 4.17. The zero-order valence-corrected chi connectivity index (χ0v) is 10.7. The molecule has 20 heavy (non-hydrogen) atoms. The SMILES string of the molecule is O=C(OC1CCCC(O)C1)C(F)(SOOO)C(F)(F)F. The Hall–Kier alpha value is -0.620. The summed E-state index contributed by atoms with van der Waals surface area (Å²) in [4.78, 5) is 11.4. The van der Waals surface area contributed by atoms with Crippen LogP contribution >= 0.6 is 12.0 Å². The van der Waals surface area contributed by atoms with Crippen LogP contribution in [0.15, 0.2) is 0 Å². The monoisotopic (exact) mass is 324 g/mol. The molecular formula is C9H12F4O6S. The third-order valence-corrected chi connectivity index (χ3v) is 3.44. The highest BCUT2D eigenvalue weighted by molar-refractivity contribution is 7.96. The van der Waals surface area contributed by atoms with E-state index >= 15 is 0 Å². The minimum Gasteiger partial charge on any atom is -0.459 e. The Labute approximate surface area is 115 Å². The Balaban J connectivity index is 2.73. The molecule has 3 unspecified atom stereocenters. The number of hydrogen-bond acceptors (Lipinski definition) is 7. The lowest BCUT2D eigenvalue weighted by atomic mass is 9.95. The van der Waals surface area contributed by atoms with Crippen molar-refractivity contribution in [1.82, 2.24) is 0 Å². The first-order valence-electron chi connectivity index (χ1n) is 5.51. The maximum atomic E-state index is 13.7. The second-order valence-corrected chi connectivity index (χ2v) is 5.03. The molecule has 0 amide bonds. The third kappa shape index (κ3) is 4.19. The Kier molecular flexibility index (Phi) is 6.01. The summed E-state index contributed by atoms with van der Waals surface area (Å²) in [7, 11) is 0. The Morgan fingerprint density at radius 1 is 1.25 bits per heavy atom. The molecule has 118 valence electrons. The highest BCUT2D eigenvalue weighted by Gasteiger charge is 2.66. The number of aliphatic hydroxyl groups excluding tert-OH is 1. The largest absolute Gasteiger partial charge is 0.459 e. The number of carbonyl (C=O) groups excluding carboxylic acids is 1. The minimum atomic E-state index is -5.64. The first-order valence-corrected chi connectivity index (χ1v) is 6.25. The van der Waals surface area contributed by atoms with Crippen LogP contribution in [0.25, 0.3) is 0 Å². The summed E-state index contributed by atoms with van der Waals surface area (Å²) in [5.74, 6) is -2.23. The van der Waals surface area contributed by atoms with Crippen LogP contribution in [0, 0.1) is 0 Å². The van der Waals surface area contributed by atoms with Crippen LogP contribution in [0.5, 0.6) is 0 Å². The third-order valence-electron chi connectivity index (χ3n) is 2.68. The fourth-order valence-corrected chi connectivity index (χ4v) is 2.05. The summed E-state index contributed by atoms with van der Waals surface area (Å²) in [6.07, 6.45) is -6.44. The number of esters is 1. The first kappa shape index (κ1) is 17.4. The van der Waals surface area contributed by atoms with Crippen LogP contribution < -0.4 is 0 Å². The van der Waals surface area contributed by atoms with E-state index in [9.17, 15) is 27.5 Å². The van der Waals surface area contributed by atoms with Crippen molar-refractivity contribution in [2.24, 2.45) is 0 Å². The minimum absolute atomic E-state index is 0.0678. The van der Waals surface area contributed by atoms with E-state index < -0.39 is 41.4 Å². The Morgan fingerprint density at radius 2 is 1.90 bits per heavy atom. The fourth-order valence-electron chi connectivity index (χ4n) is 1.71. The predicted octanol–water partition coefficient (Wildman–Crippen LogP) is 2.13. The van der Waals surface area contributed by atoms with Gasteiger partial charge in [-0.3, -0.25) is 0 Å². The van der Waals surface area contributed by atoms with E-state index in [0.29, 0.717) is 12.8 Å². The van der Waals surface area contributed by atoms with Gasteiger partial charge in [-0.2, -0.15) is 13.2 Å². The van der Waals surface area contributed by atoms with Gasteiger partial charge in [0.05, 0.1) is 18.1 Å². The molecule has 0 spiro atoms. The average molecular weight is 324 g/mol. The molecule has 3 atom stereocenters. The smallest absolute Gasteiger partial charge is 0.446 e. The van der Waals surface area contributed by atoms with Gasteiger partial charge >= 0.3 is 17.1 Å². The van der Waals surface area contributed by atoms with Crippen molar-refractivity contribution in [2.45, 2.75) is 49.1 Å². The molecule has 1 aliphatic rings. The van der Waals surface area contributed by atoms with Crippen molar-refractivity contribution in [3.63, 3.8) is 0 Å². The summed E-state index contributed by atoms with van der Waals surface area (Å²) in [5, 5.41) is 15.4. The molecule has 2 N–H and O–H groups in total. The number of halogens is 4. The van der Waals surface area contributed by atoms with E-state index in [1.807, 2.05) is 0 Å². The van der Waals surface area contributed by atoms with Crippen molar-refractivity contribution in [3.05, 3.63) is 0 Å². The molecule has 1 aliphatic carbocycles. The molecule has 0 aromatic carbocycles. The van der Waals surface area contributed by atoms with Gasteiger partial charge < -0.3 is 9.84 Å². The molecule has 0 radical (unpaired) electrons. The quantitative estimate of drug-likeness (QED) is 0.263. The molecule has 0 bridgehead atoms. The summed E-state index contributed by atoms with van der Waals surface area (Å²) < 4.78 is 59.2. The van der Waals surface area contributed by atoms with Crippen LogP contribution in [-0.4, -0.2) is 39.7 Å². The van der Waals surface area contributed by atoms with E-state index in [-0.39, 0.29) is 12.8 Å². The van der Waals surface area contributed by atoms with Gasteiger partial charge in [0.25, 0.3) is 0 Å². The van der Waals surface area contributed by atoms with Crippen molar-refractivity contribution in [2.75, 3.05) is 0 Å². The molecule has 0 aromatic heterocycles. The molecule has 0 aliphatic heterocycles. The lowest BCUT2D eigenvalue weighted by molar-refractivity contribution is -0.433. The van der Waals surface area contributed by atoms with Gasteiger partial charge in [0.15, 0.2) is 0 Å². The zero-order chi connectivity index (χ0) is 15.4. The molecule has 11 heteroatoms. The van der Waals surface area contributed by atoms with E-state index in [0.717, 1.165) is 0 Å². The van der Waals surface area contributed by atoms with E-state index in [2.05, 4.69) is 14.1 Å². The van der Waals surface area contributed by atoms with Gasteiger partial charge in [0.2, 0.25) is 0 Å². The van der Waals surface area contributed by atoms with Crippen LogP contribution in [0.2, 0.25) is 0 Å². The summed E-state index contributed by atoms with van der Waals surface area (Å²) in [5.41, 5.74) is 0. The van der Waals surface area contributed by atoms with Gasteiger partial charge in [0.1, 0.15) is 6.10 Å². The van der Waals surface area contributed by atoms with Crippen molar-refractivity contribution in [1.29, 1.82) is 0 Å². The lowest BCUT2D eigenvalue weighted by Gasteiger charge is -2.29. The van der Waals surface area contributed by atoms with Gasteiger partial charge in [0, 0.05) is 6.42 Å². The molecule has 1 fully saturated rings. The average Bonchev–Trinajstić information content (AvgIpc) is 2.34. The summed E-state index contributed by atoms with van der Waals surface area (Å²) >= 11 is -1.07. The van der Waals surface area contributed by atoms with E-state index in [1.54, 1.807) is 0 Å². The number of ether oxygens (including phenoxy) is 1. The number of rotatable bonds is 5. The molecule has 0 saturated heterocycles. The molecule has 1 rings (SSSR count). The maximum absolute atomic E-state index is 13.7. The van der Waals surface area contributed by atoms with Crippen LogP contribution in [0.3, 0.4) is 0 Å². The van der Waals surface area contributed by atoms with Crippen molar-refractivity contribution in [3.8, 4) is 0 Å². The summed E-state index contributed by atoms with van der Waals surface area (Å²) in [6.45, 7) is 0. The Morgan fingerprint density at radius 3 is 2.40 bits per heavy atom. The maximum Gasteiger partial charge on any atom is 0.446 e. The molecule has 6 nitrogen and oxygen atoms in total. The molecule has 1 saturated carbocycles. The normalized spacial score (nSPS) is 26.9. The summed E-state index contributed by atoms with van der Waals surface area (Å²) in [6, 6.07) is 0. The van der Waals surface area contributed by atoms with Crippen molar-refractivity contribution >= 4 is 18.0 Å². The standard InChI is InChI=1S/C9H12F4O6S/c10-8(9(11,12)13,20-19-18-16)7(15)17-6-3-1-2-5(14)4-6/h5-6,14,16H,1-4H2. The van der Waals surface area contributed by atoms with Gasteiger partial charge in [-0.05, 0) is 19.3 Å². The van der Waals surface area contributed by atoms with Crippen LogP contribution in [0.4, 0.5) is 17.6 Å². The predicted molar refractivity (Wildman–Crippen MR) is 56.6 cm³/mol. The van der Waals surface area contributed by atoms with E-state index in [1.165, 1.54) is 0 Å². The van der Waals surface area contributed by atoms with Gasteiger partial charge in [-0.25, -0.2) is 14.4 Å². The van der Waals surface area contributed by atoms with Crippen molar-refractivity contribution < 1.29 is 46.8 Å². The topological polar surface area (TPSA) is 85.2 Å². The second kappa shape index (κ2) is 6.89. The van der Waals surface area contributed by atoms with E-state index in [4.69, 9.17) is 5.26 Å². The number of aliphatic hydroxyl groups is 1.